The predicted molar refractivity (Wildman–Crippen MR) is 107 cm³/mol. The number of nitrogens with zero attached hydrogens (tertiary/aromatic N) is 1. The summed E-state index contributed by atoms with van der Waals surface area (Å²) in [7, 11) is 0. The van der Waals surface area contributed by atoms with Gasteiger partial charge in [0.25, 0.3) is 0 Å². The van der Waals surface area contributed by atoms with E-state index in [0.717, 1.165) is 30.2 Å². The van der Waals surface area contributed by atoms with Gasteiger partial charge in [-0.2, -0.15) is 0 Å². The van der Waals surface area contributed by atoms with E-state index in [9.17, 15) is 5.11 Å². The van der Waals surface area contributed by atoms with E-state index in [0.29, 0.717) is 12.6 Å². The van der Waals surface area contributed by atoms with E-state index in [2.05, 4.69) is 29.5 Å². The zero-order valence-electron chi connectivity index (χ0n) is 14.5. The summed E-state index contributed by atoms with van der Waals surface area (Å²) in [6.45, 7) is 9.57. The lowest BCUT2D eigenvalue weighted by molar-refractivity contribution is 0.114. The van der Waals surface area contributed by atoms with Gasteiger partial charge < -0.3 is 20.5 Å². The van der Waals surface area contributed by atoms with Gasteiger partial charge in [0.15, 0.2) is 5.96 Å². The van der Waals surface area contributed by atoms with Crippen molar-refractivity contribution in [2.24, 2.45) is 4.99 Å². The Morgan fingerprint density at radius 1 is 1.35 bits per heavy atom. The standard InChI is InChI=1S/C17H29N3O2.HI/c1-5-14(4)20-17(18-6-2)19-11-15(21)12-22-16-9-7-8-13(3)10-16;/h7-10,14-15,21H,5-6,11-12H2,1-4H3,(H2,18,19,20);1H. The number of halogens is 1. The highest BCUT2D eigenvalue weighted by molar-refractivity contribution is 14.0. The van der Waals surface area contributed by atoms with E-state index >= 15 is 0 Å². The van der Waals surface area contributed by atoms with Crippen LogP contribution in [0.25, 0.3) is 0 Å². The molecule has 0 bridgehead atoms. The van der Waals surface area contributed by atoms with E-state index < -0.39 is 6.10 Å². The number of ether oxygens (including phenoxy) is 1. The van der Waals surface area contributed by atoms with Gasteiger partial charge in [0.05, 0.1) is 6.54 Å². The molecule has 5 nitrogen and oxygen atoms in total. The number of rotatable bonds is 8. The monoisotopic (exact) mass is 435 g/mol. The summed E-state index contributed by atoms with van der Waals surface area (Å²) in [6.07, 6.45) is 0.386. The third kappa shape index (κ3) is 9.65. The van der Waals surface area contributed by atoms with Gasteiger partial charge in [-0.15, -0.1) is 24.0 Å². The summed E-state index contributed by atoms with van der Waals surface area (Å²) in [5.74, 6) is 1.50. The number of hydrogen-bond acceptors (Lipinski definition) is 3. The smallest absolute Gasteiger partial charge is 0.191 e. The zero-order valence-corrected chi connectivity index (χ0v) is 16.8. The Kier molecular flexibility index (Phi) is 11.9. The molecule has 0 spiro atoms. The quantitative estimate of drug-likeness (QED) is 0.334. The summed E-state index contributed by atoms with van der Waals surface area (Å²) >= 11 is 0. The number of aryl methyl sites for hydroxylation is 1. The Hall–Kier alpha value is -1.02. The largest absolute Gasteiger partial charge is 0.491 e. The summed E-state index contributed by atoms with van der Waals surface area (Å²) in [5.41, 5.74) is 1.14. The van der Waals surface area contributed by atoms with Crippen molar-refractivity contribution in [3.63, 3.8) is 0 Å². The van der Waals surface area contributed by atoms with Gasteiger partial charge in [-0.3, -0.25) is 4.99 Å². The molecule has 0 saturated heterocycles. The van der Waals surface area contributed by atoms with E-state index in [-0.39, 0.29) is 30.6 Å². The van der Waals surface area contributed by atoms with Crippen molar-refractivity contribution >= 4 is 29.9 Å². The molecule has 0 aliphatic rings. The molecule has 6 heteroatoms. The van der Waals surface area contributed by atoms with Crippen LogP contribution in [-0.2, 0) is 0 Å². The molecule has 0 aliphatic carbocycles. The molecule has 23 heavy (non-hydrogen) atoms. The van der Waals surface area contributed by atoms with E-state index in [1.54, 1.807) is 0 Å². The first-order valence-corrected chi connectivity index (χ1v) is 7.97. The first kappa shape index (κ1) is 22.0. The molecular weight excluding hydrogens is 405 g/mol. The molecule has 1 aromatic rings. The van der Waals surface area contributed by atoms with Crippen LogP contribution in [0.1, 0.15) is 32.8 Å². The number of nitrogens with one attached hydrogen (secondary N) is 2. The van der Waals surface area contributed by atoms with Crippen molar-refractivity contribution in [2.45, 2.75) is 46.3 Å². The lowest BCUT2D eigenvalue weighted by Gasteiger charge is -2.17. The van der Waals surface area contributed by atoms with Crippen LogP contribution in [0.4, 0.5) is 0 Å². The van der Waals surface area contributed by atoms with Gasteiger partial charge in [0.2, 0.25) is 0 Å². The van der Waals surface area contributed by atoms with E-state index in [4.69, 9.17) is 4.74 Å². The third-order valence-electron chi connectivity index (χ3n) is 3.23. The van der Waals surface area contributed by atoms with Crippen LogP contribution in [0, 0.1) is 6.92 Å². The molecule has 0 saturated carbocycles. The maximum Gasteiger partial charge on any atom is 0.191 e. The Morgan fingerprint density at radius 3 is 2.70 bits per heavy atom. The van der Waals surface area contributed by atoms with Crippen LogP contribution >= 0.6 is 24.0 Å². The number of guanidine groups is 1. The van der Waals surface area contributed by atoms with Crippen LogP contribution in [0.3, 0.4) is 0 Å². The molecule has 0 fully saturated rings. The molecule has 3 N–H and O–H groups in total. The number of aliphatic hydroxyl groups is 1. The van der Waals surface area contributed by atoms with Crippen LogP contribution < -0.4 is 15.4 Å². The van der Waals surface area contributed by atoms with Crippen molar-refractivity contribution in [1.29, 1.82) is 0 Å². The van der Waals surface area contributed by atoms with Gasteiger partial charge in [-0.05, 0) is 44.9 Å². The minimum atomic E-state index is -0.632. The SMILES string of the molecule is CCNC(=NCC(O)COc1cccc(C)c1)NC(C)CC.I. The Labute approximate surface area is 156 Å². The molecule has 2 atom stereocenters. The number of aliphatic imine (C=N–C) groups is 1. The first-order valence-electron chi connectivity index (χ1n) is 7.97. The van der Waals surface area contributed by atoms with Crippen molar-refractivity contribution in [2.75, 3.05) is 19.7 Å². The molecular formula is C17H30IN3O2. The normalized spacial score (nSPS) is 13.7. The maximum atomic E-state index is 10.0. The van der Waals surface area contributed by atoms with Crippen molar-refractivity contribution in [3.05, 3.63) is 29.8 Å². The molecule has 2 unspecified atom stereocenters. The minimum Gasteiger partial charge on any atom is -0.491 e. The molecule has 0 aliphatic heterocycles. The van der Waals surface area contributed by atoms with Crippen LogP contribution in [0.5, 0.6) is 5.75 Å². The predicted octanol–water partition coefficient (Wildman–Crippen LogP) is 2.71. The van der Waals surface area contributed by atoms with E-state index in [1.165, 1.54) is 0 Å². The average molecular weight is 435 g/mol. The fraction of sp³-hybridized carbons (Fsp3) is 0.588. The third-order valence-corrected chi connectivity index (χ3v) is 3.23. The van der Waals surface area contributed by atoms with Crippen molar-refractivity contribution in [3.8, 4) is 5.75 Å². The average Bonchev–Trinajstić information content (AvgIpc) is 2.50. The zero-order chi connectivity index (χ0) is 16.4. The summed E-state index contributed by atoms with van der Waals surface area (Å²) in [6, 6.07) is 8.13. The molecule has 1 rings (SSSR count). The van der Waals surface area contributed by atoms with Gasteiger partial charge in [-0.25, -0.2) is 0 Å². The summed E-state index contributed by atoms with van der Waals surface area (Å²) < 4.78 is 5.58. The molecule has 0 radical (unpaired) electrons. The minimum absolute atomic E-state index is 0. The molecule has 1 aromatic carbocycles. The second-order valence-electron chi connectivity index (χ2n) is 5.45. The Balaban J connectivity index is 0.00000484. The fourth-order valence-electron chi connectivity index (χ4n) is 1.80. The van der Waals surface area contributed by atoms with Crippen LogP contribution in [0.15, 0.2) is 29.3 Å². The lowest BCUT2D eigenvalue weighted by atomic mass is 10.2. The number of aliphatic hydroxyl groups excluding tert-OH is 1. The highest BCUT2D eigenvalue weighted by atomic mass is 127. The summed E-state index contributed by atoms with van der Waals surface area (Å²) in [4.78, 5) is 4.40. The number of benzene rings is 1. The summed E-state index contributed by atoms with van der Waals surface area (Å²) in [5, 5.41) is 16.5. The van der Waals surface area contributed by atoms with Gasteiger partial charge in [0, 0.05) is 12.6 Å². The van der Waals surface area contributed by atoms with Gasteiger partial charge in [0.1, 0.15) is 18.5 Å². The molecule has 0 heterocycles. The topological polar surface area (TPSA) is 65.9 Å². The second-order valence-corrected chi connectivity index (χ2v) is 5.45. The fourth-order valence-corrected chi connectivity index (χ4v) is 1.80. The number of hydrogen-bond donors (Lipinski definition) is 3. The lowest BCUT2D eigenvalue weighted by Crippen LogP contribution is -2.42. The van der Waals surface area contributed by atoms with Gasteiger partial charge >= 0.3 is 0 Å². The highest BCUT2D eigenvalue weighted by Gasteiger charge is 2.07. The Bertz CT molecular complexity index is 469. The molecule has 0 amide bonds. The Morgan fingerprint density at radius 2 is 2.09 bits per heavy atom. The highest BCUT2D eigenvalue weighted by Crippen LogP contribution is 2.12. The van der Waals surface area contributed by atoms with Gasteiger partial charge in [-0.1, -0.05) is 19.1 Å². The first-order chi connectivity index (χ1) is 10.5. The molecule has 132 valence electrons. The second kappa shape index (κ2) is 12.4. The van der Waals surface area contributed by atoms with Crippen LogP contribution in [-0.4, -0.2) is 42.9 Å². The van der Waals surface area contributed by atoms with Crippen molar-refractivity contribution in [1.82, 2.24) is 10.6 Å². The van der Waals surface area contributed by atoms with Crippen LogP contribution in [0.2, 0.25) is 0 Å². The van der Waals surface area contributed by atoms with Crippen molar-refractivity contribution < 1.29 is 9.84 Å². The van der Waals surface area contributed by atoms with E-state index in [1.807, 2.05) is 38.1 Å². The maximum absolute atomic E-state index is 10.0. The molecule has 0 aromatic heterocycles.